The average Bonchev–Trinajstić information content (AvgIpc) is 2.77. The van der Waals surface area contributed by atoms with Crippen molar-refractivity contribution in [1.29, 1.82) is 0 Å². The lowest BCUT2D eigenvalue weighted by Crippen LogP contribution is -2.29. The maximum atomic E-state index is 13.0. The van der Waals surface area contributed by atoms with Gasteiger partial charge in [0.2, 0.25) is 0 Å². The quantitative estimate of drug-likeness (QED) is 0.216. The molecule has 0 spiro atoms. The number of pyridine rings is 1. The summed E-state index contributed by atoms with van der Waals surface area (Å²) in [7, 11) is 0.171. The van der Waals surface area contributed by atoms with Crippen LogP contribution < -0.4 is 5.32 Å². The summed E-state index contributed by atoms with van der Waals surface area (Å²) in [6, 6.07) is 16.4. The molecule has 0 bridgehead atoms. The van der Waals surface area contributed by atoms with Gasteiger partial charge < -0.3 is 9.74 Å². The molecule has 1 heterocycles. The van der Waals surface area contributed by atoms with Gasteiger partial charge in [-0.25, -0.2) is 4.98 Å². The first-order chi connectivity index (χ1) is 14.8. The number of benzene rings is 2. The van der Waals surface area contributed by atoms with Gasteiger partial charge in [-0.3, -0.25) is 14.9 Å². The summed E-state index contributed by atoms with van der Waals surface area (Å²) in [6.45, 7) is 4.92. The number of fused-ring (bicyclic) bond motifs is 1. The molecule has 0 aliphatic rings. The number of carbonyl (C=O) groups excluding carboxylic acids is 1. The Bertz CT molecular complexity index is 1100. The molecule has 0 aliphatic carbocycles. The van der Waals surface area contributed by atoms with Crippen LogP contribution in [0.3, 0.4) is 0 Å². The lowest BCUT2D eigenvalue weighted by Gasteiger charge is -2.19. The van der Waals surface area contributed by atoms with E-state index in [-0.39, 0.29) is 11.6 Å². The molecule has 0 atom stereocenters. The summed E-state index contributed by atoms with van der Waals surface area (Å²) in [5.41, 5.74) is 1.84. The van der Waals surface area contributed by atoms with Gasteiger partial charge in [0.25, 0.3) is 11.6 Å². The SMILES string of the molecule is CO[Si](C)(C)CCCCNC(=O)c1cc(-c2ccccc2[N+](=O)[O-])nc2ccccc12. The molecule has 0 saturated carbocycles. The predicted octanol–water partition coefficient (Wildman–Crippen LogP) is 5.17. The fraction of sp³-hybridized carbons (Fsp3) is 0.304. The van der Waals surface area contributed by atoms with Gasteiger partial charge >= 0.3 is 0 Å². The molecule has 3 rings (SSSR count). The van der Waals surface area contributed by atoms with E-state index in [9.17, 15) is 14.9 Å². The van der Waals surface area contributed by atoms with E-state index in [1.807, 2.05) is 24.3 Å². The number of nitro groups is 1. The Hall–Kier alpha value is -3.10. The van der Waals surface area contributed by atoms with Gasteiger partial charge in [0.15, 0.2) is 8.32 Å². The number of nitrogens with one attached hydrogen (secondary N) is 1. The molecule has 0 saturated heterocycles. The number of hydrogen-bond donors (Lipinski definition) is 1. The minimum Gasteiger partial charge on any atom is -0.420 e. The van der Waals surface area contributed by atoms with Crippen molar-refractivity contribution in [3.05, 3.63) is 70.3 Å². The van der Waals surface area contributed by atoms with Crippen molar-refractivity contribution in [1.82, 2.24) is 10.3 Å². The summed E-state index contributed by atoms with van der Waals surface area (Å²) < 4.78 is 5.56. The number of rotatable bonds is 9. The van der Waals surface area contributed by atoms with E-state index in [0.717, 1.165) is 24.3 Å². The van der Waals surface area contributed by atoms with Crippen molar-refractivity contribution >= 4 is 30.8 Å². The highest BCUT2D eigenvalue weighted by Gasteiger charge is 2.21. The van der Waals surface area contributed by atoms with E-state index >= 15 is 0 Å². The number of para-hydroxylation sites is 2. The summed E-state index contributed by atoms with van der Waals surface area (Å²) in [5.74, 6) is -0.207. The number of carbonyl (C=O) groups is 1. The molecule has 0 radical (unpaired) electrons. The van der Waals surface area contributed by atoms with Crippen LogP contribution in [0.1, 0.15) is 23.2 Å². The number of nitro benzene ring substituents is 1. The summed E-state index contributed by atoms with van der Waals surface area (Å²) >= 11 is 0. The first-order valence-electron chi connectivity index (χ1n) is 10.3. The molecule has 0 fully saturated rings. The Morgan fingerprint density at radius 2 is 1.84 bits per heavy atom. The Morgan fingerprint density at radius 3 is 2.58 bits per heavy atom. The van der Waals surface area contributed by atoms with Crippen LogP contribution in [-0.4, -0.2) is 37.8 Å². The average molecular weight is 438 g/mol. The summed E-state index contributed by atoms with van der Waals surface area (Å²) in [6.07, 6.45) is 1.86. The monoisotopic (exact) mass is 437 g/mol. The predicted molar refractivity (Wildman–Crippen MR) is 125 cm³/mol. The van der Waals surface area contributed by atoms with Crippen molar-refractivity contribution in [2.75, 3.05) is 13.7 Å². The third kappa shape index (κ3) is 5.53. The molecular formula is C23H27N3O4Si. The van der Waals surface area contributed by atoms with Crippen LogP contribution in [0, 0.1) is 10.1 Å². The van der Waals surface area contributed by atoms with Gasteiger partial charge in [-0.05, 0) is 43.8 Å². The lowest BCUT2D eigenvalue weighted by atomic mass is 10.0. The summed E-state index contributed by atoms with van der Waals surface area (Å²) in [4.78, 5) is 28.6. The van der Waals surface area contributed by atoms with Crippen molar-refractivity contribution in [2.24, 2.45) is 0 Å². The molecular weight excluding hydrogens is 410 g/mol. The smallest absolute Gasteiger partial charge is 0.278 e. The topological polar surface area (TPSA) is 94.4 Å². The number of unbranched alkanes of at least 4 members (excludes halogenated alkanes) is 1. The molecule has 31 heavy (non-hydrogen) atoms. The maximum Gasteiger partial charge on any atom is 0.278 e. The van der Waals surface area contributed by atoms with Crippen molar-refractivity contribution < 1.29 is 14.1 Å². The van der Waals surface area contributed by atoms with Crippen LogP contribution in [0.4, 0.5) is 5.69 Å². The molecule has 0 unspecified atom stereocenters. The van der Waals surface area contributed by atoms with E-state index in [4.69, 9.17) is 4.43 Å². The van der Waals surface area contributed by atoms with Gasteiger partial charge in [-0.1, -0.05) is 36.8 Å². The zero-order chi connectivity index (χ0) is 22.4. The highest BCUT2D eigenvalue weighted by molar-refractivity contribution is 6.71. The second kappa shape index (κ2) is 9.80. The van der Waals surface area contributed by atoms with Crippen LogP contribution in [0.15, 0.2) is 54.6 Å². The molecule has 3 aromatic rings. The largest absolute Gasteiger partial charge is 0.420 e. The number of aromatic nitrogens is 1. The Kier molecular flexibility index (Phi) is 7.14. The molecule has 1 aromatic heterocycles. The molecule has 0 aliphatic heterocycles. The van der Waals surface area contributed by atoms with Crippen LogP contribution in [-0.2, 0) is 4.43 Å². The highest BCUT2D eigenvalue weighted by atomic mass is 28.4. The first-order valence-corrected chi connectivity index (χ1v) is 13.4. The Balaban J connectivity index is 1.85. The van der Waals surface area contributed by atoms with E-state index in [1.165, 1.54) is 6.07 Å². The lowest BCUT2D eigenvalue weighted by molar-refractivity contribution is -0.384. The van der Waals surface area contributed by atoms with Gasteiger partial charge in [0.05, 0.1) is 27.3 Å². The molecule has 8 heteroatoms. The molecule has 2 aromatic carbocycles. The fourth-order valence-corrected chi connectivity index (χ4v) is 4.73. The van der Waals surface area contributed by atoms with Crippen LogP contribution in [0.5, 0.6) is 0 Å². The second-order valence-corrected chi connectivity index (χ2v) is 12.5. The fourth-order valence-electron chi connectivity index (χ4n) is 3.43. The normalized spacial score (nSPS) is 11.5. The third-order valence-electron chi connectivity index (χ3n) is 5.38. The zero-order valence-corrected chi connectivity index (χ0v) is 19.1. The molecule has 162 valence electrons. The number of hydrogen-bond acceptors (Lipinski definition) is 5. The number of amides is 1. The summed E-state index contributed by atoms with van der Waals surface area (Å²) in [5, 5.41) is 15.2. The van der Waals surface area contributed by atoms with Crippen molar-refractivity contribution in [3.8, 4) is 11.3 Å². The standard InChI is InChI=1S/C23H27N3O4Si/c1-30-31(2,3)15-9-8-14-24-23(27)19-16-21(25-20-12-6-4-10-17(19)20)18-11-5-7-13-22(18)26(28)29/h4-7,10-13,16H,8-9,14-15H2,1-3H3,(H,24,27). The van der Waals surface area contributed by atoms with E-state index in [0.29, 0.717) is 28.9 Å². The first kappa shape index (κ1) is 22.6. The molecule has 7 nitrogen and oxygen atoms in total. The second-order valence-electron chi connectivity index (χ2n) is 8.02. The van der Waals surface area contributed by atoms with E-state index < -0.39 is 13.2 Å². The number of nitrogens with zero attached hydrogens (tertiary/aromatic N) is 2. The Morgan fingerprint density at radius 1 is 1.13 bits per heavy atom. The maximum absolute atomic E-state index is 13.0. The molecule has 1 N–H and O–H groups in total. The van der Waals surface area contributed by atoms with Gasteiger partial charge in [-0.2, -0.15) is 0 Å². The van der Waals surface area contributed by atoms with E-state index in [2.05, 4.69) is 23.4 Å². The minimum absolute atomic E-state index is 0.0402. The van der Waals surface area contributed by atoms with Gasteiger partial charge in [-0.15, -0.1) is 0 Å². The van der Waals surface area contributed by atoms with Gasteiger partial charge in [0.1, 0.15) is 0 Å². The van der Waals surface area contributed by atoms with Crippen LogP contribution >= 0.6 is 0 Å². The highest BCUT2D eigenvalue weighted by Crippen LogP contribution is 2.31. The van der Waals surface area contributed by atoms with Gasteiger partial charge in [0, 0.05) is 25.1 Å². The van der Waals surface area contributed by atoms with Crippen molar-refractivity contribution in [3.63, 3.8) is 0 Å². The van der Waals surface area contributed by atoms with Crippen molar-refractivity contribution in [2.45, 2.75) is 32.0 Å². The minimum atomic E-state index is -1.59. The third-order valence-corrected chi connectivity index (χ3v) is 8.04. The van der Waals surface area contributed by atoms with Crippen LogP contribution in [0.2, 0.25) is 19.1 Å². The van der Waals surface area contributed by atoms with E-state index in [1.54, 1.807) is 31.4 Å². The Labute approximate surface area is 182 Å². The zero-order valence-electron chi connectivity index (χ0n) is 18.1. The van der Waals surface area contributed by atoms with Crippen LogP contribution in [0.25, 0.3) is 22.2 Å². The molecule has 1 amide bonds.